The van der Waals surface area contributed by atoms with Crippen LogP contribution in [0, 0.1) is 0 Å². The molecule has 17 heavy (non-hydrogen) atoms. The van der Waals surface area contributed by atoms with Crippen LogP contribution in [0.15, 0.2) is 18.3 Å². The molecule has 0 aliphatic carbocycles. The second-order valence-electron chi connectivity index (χ2n) is 4.29. The Kier molecular flexibility index (Phi) is 4.65. The molecule has 1 atom stereocenters. The highest BCUT2D eigenvalue weighted by Crippen LogP contribution is 2.23. The molecule has 1 aromatic rings. The van der Waals surface area contributed by atoms with Crippen LogP contribution >= 0.6 is 11.8 Å². The maximum absolute atomic E-state index is 5.47. The van der Waals surface area contributed by atoms with Gasteiger partial charge in [0.1, 0.15) is 5.82 Å². The molecule has 0 aromatic carbocycles. The minimum absolute atomic E-state index is 0.773. The van der Waals surface area contributed by atoms with E-state index in [-0.39, 0.29) is 0 Å². The van der Waals surface area contributed by atoms with Crippen molar-refractivity contribution < 1.29 is 0 Å². The highest BCUT2D eigenvalue weighted by molar-refractivity contribution is 8.00. The zero-order valence-corrected chi connectivity index (χ0v) is 11.0. The van der Waals surface area contributed by atoms with Crippen molar-refractivity contribution in [3.8, 4) is 0 Å². The zero-order chi connectivity index (χ0) is 12.1. The van der Waals surface area contributed by atoms with Crippen LogP contribution < -0.4 is 11.3 Å². The normalized spacial score (nSPS) is 21.4. The third-order valence-corrected chi connectivity index (χ3v) is 4.47. The summed E-state index contributed by atoms with van der Waals surface area (Å²) in [6, 6.07) is 4.05. The van der Waals surface area contributed by atoms with E-state index in [1.165, 1.54) is 24.3 Å². The molecule has 0 spiro atoms. The maximum Gasteiger partial charge on any atom is 0.144 e. The number of anilines is 1. The quantitative estimate of drug-likeness (QED) is 0.631. The maximum atomic E-state index is 5.47. The Labute approximate surface area is 107 Å². The van der Waals surface area contributed by atoms with Crippen molar-refractivity contribution in [2.75, 3.05) is 24.3 Å². The number of hydrogen-bond acceptors (Lipinski definition) is 5. The lowest BCUT2D eigenvalue weighted by Crippen LogP contribution is -2.37. The molecule has 0 saturated carbocycles. The van der Waals surface area contributed by atoms with Gasteiger partial charge < -0.3 is 5.43 Å². The Morgan fingerprint density at radius 3 is 3.29 bits per heavy atom. The van der Waals surface area contributed by atoms with Gasteiger partial charge in [-0.2, -0.15) is 11.8 Å². The number of nitrogens with two attached hydrogens (primary N) is 1. The summed E-state index contributed by atoms with van der Waals surface area (Å²) < 4.78 is 0. The third-order valence-electron chi connectivity index (χ3n) is 3.10. The lowest BCUT2D eigenvalue weighted by atomic mass is 10.2. The molecule has 2 heterocycles. The van der Waals surface area contributed by atoms with E-state index < -0.39 is 0 Å². The largest absolute Gasteiger partial charge is 0.308 e. The van der Waals surface area contributed by atoms with E-state index in [0.29, 0.717) is 0 Å². The first kappa shape index (κ1) is 12.7. The Morgan fingerprint density at radius 2 is 2.53 bits per heavy atom. The molecule has 4 nitrogen and oxygen atoms in total. The van der Waals surface area contributed by atoms with Crippen molar-refractivity contribution >= 4 is 17.6 Å². The lowest BCUT2D eigenvalue weighted by molar-refractivity contribution is 0.273. The van der Waals surface area contributed by atoms with Crippen LogP contribution in [0.1, 0.15) is 18.9 Å². The number of hydrazine groups is 1. The van der Waals surface area contributed by atoms with Crippen LogP contribution in [0.4, 0.5) is 5.82 Å². The average molecular weight is 252 g/mol. The van der Waals surface area contributed by atoms with Crippen molar-refractivity contribution in [1.82, 2.24) is 9.88 Å². The molecule has 94 valence electrons. The summed E-state index contributed by atoms with van der Waals surface area (Å²) in [7, 11) is 0. The van der Waals surface area contributed by atoms with Gasteiger partial charge in [-0.15, -0.1) is 0 Å². The number of nitrogens with zero attached hydrogens (tertiary/aromatic N) is 2. The van der Waals surface area contributed by atoms with Crippen molar-refractivity contribution in [3.63, 3.8) is 0 Å². The fourth-order valence-corrected chi connectivity index (χ4v) is 3.36. The van der Waals surface area contributed by atoms with Gasteiger partial charge in [0.25, 0.3) is 0 Å². The van der Waals surface area contributed by atoms with Gasteiger partial charge in [-0.25, -0.2) is 10.8 Å². The molecule has 1 aliphatic heterocycles. The molecule has 0 bridgehead atoms. The van der Waals surface area contributed by atoms with Gasteiger partial charge in [0, 0.05) is 42.4 Å². The minimum atomic E-state index is 0.773. The monoisotopic (exact) mass is 252 g/mol. The summed E-state index contributed by atoms with van der Waals surface area (Å²) in [4.78, 5) is 6.72. The Hall–Kier alpha value is -0.780. The van der Waals surface area contributed by atoms with Gasteiger partial charge in [0.2, 0.25) is 0 Å². The van der Waals surface area contributed by atoms with E-state index >= 15 is 0 Å². The minimum Gasteiger partial charge on any atom is -0.308 e. The van der Waals surface area contributed by atoms with Gasteiger partial charge in [0.05, 0.1) is 0 Å². The van der Waals surface area contributed by atoms with Gasteiger partial charge in [-0.1, -0.05) is 13.0 Å². The molecule has 0 amide bonds. The second-order valence-corrected chi connectivity index (χ2v) is 5.70. The Morgan fingerprint density at radius 1 is 1.65 bits per heavy atom. The number of rotatable bonds is 4. The molecule has 3 N–H and O–H groups in total. The van der Waals surface area contributed by atoms with E-state index in [4.69, 9.17) is 5.84 Å². The summed E-state index contributed by atoms with van der Waals surface area (Å²) in [6.07, 6.45) is 3.01. The highest BCUT2D eigenvalue weighted by atomic mass is 32.2. The number of aromatic nitrogens is 1. The Balaban J connectivity index is 2.00. The van der Waals surface area contributed by atoms with Crippen LogP contribution in [0.2, 0.25) is 0 Å². The van der Waals surface area contributed by atoms with Crippen LogP contribution in [0.25, 0.3) is 0 Å². The van der Waals surface area contributed by atoms with E-state index in [1.807, 2.05) is 6.07 Å². The van der Waals surface area contributed by atoms with E-state index in [2.05, 4.69) is 40.1 Å². The van der Waals surface area contributed by atoms with Gasteiger partial charge >= 0.3 is 0 Å². The molecule has 1 aromatic heterocycles. The zero-order valence-electron chi connectivity index (χ0n) is 10.2. The summed E-state index contributed by atoms with van der Waals surface area (Å²) >= 11 is 2.09. The van der Waals surface area contributed by atoms with Crippen molar-refractivity contribution in [2.45, 2.75) is 25.1 Å². The van der Waals surface area contributed by atoms with E-state index in [1.54, 1.807) is 6.20 Å². The fourth-order valence-electron chi connectivity index (χ4n) is 2.11. The Bertz CT molecular complexity index is 358. The second kappa shape index (κ2) is 6.23. The summed E-state index contributed by atoms with van der Waals surface area (Å²) in [5.41, 5.74) is 3.84. The summed E-state index contributed by atoms with van der Waals surface area (Å²) in [5, 5.41) is 0.773. The molecule has 0 radical (unpaired) electrons. The molecular formula is C12H20N4S. The standard InChI is InChI=1S/C12H20N4S/c1-2-11-9-16(6-7-17-11)8-10-4-3-5-14-12(10)15-13/h3-5,11H,2,6-9,13H2,1H3,(H,14,15). The first-order valence-electron chi connectivity index (χ1n) is 6.08. The van der Waals surface area contributed by atoms with Crippen molar-refractivity contribution in [3.05, 3.63) is 23.9 Å². The topological polar surface area (TPSA) is 54.2 Å². The molecule has 1 unspecified atom stereocenters. The summed E-state index contributed by atoms with van der Waals surface area (Å²) in [5.74, 6) is 7.49. The van der Waals surface area contributed by atoms with Gasteiger partial charge in [-0.3, -0.25) is 4.90 Å². The predicted molar refractivity (Wildman–Crippen MR) is 73.9 cm³/mol. The number of thioether (sulfide) groups is 1. The number of nitrogens with one attached hydrogen (secondary N) is 1. The molecule has 1 saturated heterocycles. The van der Waals surface area contributed by atoms with Crippen LogP contribution in [0.5, 0.6) is 0 Å². The van der Waals surface area contributed by atoms with E-state index in [9.17, 15) is 0 Å². The van der Waals surface area contributed by atoms with Gasteiger partial charge in [-0.05, 0) is 12.5 Å². The van der Waals surface area contributed by atoms with Crippen molar-refractivity contribution in [1.29, 1.82) is 0 Å². The molecule has 2 rings (SSSR count). The first-order valence-corrected chi connectivity index (χ1v) is 7.12. The smallest absolute Gasteiger partial charge is 0.144 e. The molecule has 5 heteroatoms. The molecular weight excluding hydrogens is 232 g/mol. The molecule has 1 aliphatic rings. The van der Waals surface area contributed by atoms with Gasteiger partial charge in [0.15, 0.2) is 0 Å². The third kappa shape index (κ3) is 3.34. The summed E-state index contributed by atoms with van der Waals surface area (Å²) in [6.45, 7) is 5.52. The highest BCUT2D eigenvalue weighted by Gasteiger charge is 2.19. The predicted octanol–water partition coefficient (Wildman–Crippen LogP) is 1.69. The van der Waals surface area contributed by atoms with Crippen LogP contribution in [0.3, 0.4) is 0 Å². The SMILES string of the molecule is CCC1CN(Cc2cccnc2NN)CCS1. The molecule has 1 fully saturated rings. The number of hydrogen-bond donors (Lipinski definition) is 2. The lowest BCUT2D eigenvalue weighted by Gasteiger charge is -2.32. The number of nitrogen functional groups attached to an aromatic ring is 1. The average Bonchev–Trinajstić information content (AvgIpc) is 2.39. The number of pyridine rings is 1. The van der Waals surface area contributed by atoms with Crippen LogP contribution in [-0.2, 0) is 6.54 Å². The van der Waals surface area contributed by atoms with Crippen molar-refractivity contribution in [2.24, 2.45) is 5.84 Å². The van der Waals surface area contributed by atoms with Crippen LogP contribution in [-0.4, -0.2) is 34.0 Å². The fraction of sp³-hybridized carbons (Fsp3) is 0.583. The first-order chi connectivity index (χ1) is 8.33. The van der Waals surface area contributed by atoms with E-state index in [0.717, 1.165) is 24.2 Å².